The van der Waals surface area contributed by atoms with E-state index in [0.717, 1.165) is 5.82 Å². The van der Waals surface area contributed by atoms with Crippen molar-refractivity contribution in [2.75, 3.05) is 4.90 Å². The number of aliphatic hydroxyl groups is 1. The van der Waals surface area contributed by atoms with E-state index in [-0.39, 0.29) is 47.5 Å². The zero-order chi connectivity index (χ0) is 23.3. The maximum absolute atomic E-state index is 14.7. The van der Waals surface area contributed by atoms with Gasteiger partial charge < -0.3 is 15.3 Å². The van der Waals surface area contributed by atoms with Crippen molar-refractivity contribution in [2.45, 2.75) is 51.4 Å². The Balaban J connectivity index is 1.63. The summed E-state index contributed by atoms with van der Waals surface area (Å²) in [5.74, 6) is -0.0931. The number of aromatic nitrogens is 3. The van der Waals surface area contributed by atoms with Crippen molar-refractivity contribution in [3.05, 3.63) is 59.2 Å². The molecule has 1 saturated heterocycles. The highest BCUT2D eigenvalue weighted by molar-refractivity contribution is 6.01. The van der Waals surface area contributed by atoms with Gasteiger partial charge in [-0.2, -0.15) is 10.4 Å². The molecule has 0 spiro atoms. The second-order valence-electron chi connectivity index (χ2n) is 8.65. The number of pyridine rings is 1. The van der Waals surface area contributed by atoms with E-state index < -0.39 is 5.82 Å². The molecule has 2 aliphatic rings. The van der Waals surface area contributed by atoms with Gasteiger partial charge in [0.05, 0.1) is 52.5 Å². The molecule has 2 N–H and O–H groups in total. The molecule has 4 heterocycles. The summed E-state index contributed by atoms with van der Waals surface area (Å²) in [7, 11) is 0. The third kappa shape index (κ3) is 3.52. The molecular formula is C24H23FN6O2. The normalized spacial score (nSPS) is 22.1. The lowest BCUT2D eigenvalue weighted by Gasteiger charge is -2.41. The molecule has 3 aromatic rings. The van der Waals surface area contributed by atoms with Gasteiger partial charge in [0.2, 0.25) is 0 Å². The van der Waals surface area contributed by atoms with Gasteiger partial charge in [-0.05, 0) is 44.9 Å². The maximum atomic E-state index is 14.7. The molecule has 1 amide bonds. The summed E-state index contributed by atoms with van der Waals surface area (Å²) in [6.07, 6.45) is 2.73. The van der Waals surface area contributed by atoms with Crippen LogP contribution in [-0.2, 0) is 6.54 Å². The van der Waals surface area contributed by atoms with Crippen molar-refractivity contribution in [3.63, 3.8) is 0 Å². The predicted molar refractivity (Wildman–Crippen MR) is 119 cm³/mol. The van der Waals surface area contributed by atoms with Crippen LogP contribution >= 0.6 is 0 Å². The van der Waals surface area contributed by atoms with Gasteiger partial charge in [0.1, 0.15) is 5.82 Å². The quantitative estimate of drug-likeness (QED) is 0.641. The summed E-state index contributed by atoms with van der Waals surface area (Å²) in [5, 5.41) is 27.1. The lowest BCUT2D eigenvalue weighted by molar-refractivity contribution is 0.0965. The van der Waals surface area contributed by atoms with Crippen molar-refractivity contribution < 1.29 is 14.3 Å². The summed E-state index contributed by atoms with van der Waals surface area (Å²) in [6.45, 7) is 4.32. The molecule has 0 aliphatic carbocycles. The molecular weight excluding hydrogens is 423 g/mol. The smallest absolute Gasteiger partial charge is 0.255 e. The SMILES string of the molecule is C[C@@H]1CC(O)C[C@@H](C)N1c1ccn(-c2cc(-c3c(F)cccc3C#N)nc3c2C(=O)NC3)n1. The fourth-order valence-electron chi connectivity index (χ4n) is 4.98. The number of nitrogens with zero attached hydrogens (tertiary/aromatic N) is 5. The van der Waals surface area contributed by atoms with E-state index in [0.29, 0.717) is 29.8 Å². The number of hydrogen-bond acceptors (Lipinski definition) is 6. The van der Waals surface area contributed by atoms with Crippen molar-refractivity contribution in [1.29, 1.82) is 5.26 Å². The average Bonchev–Trinajstić information content (AvgIpc) is 3.39. The van der Waals surface area contributed by atoms with Crippen molar-refractivity contribution in [3.8, 4) is 23.0 Å². The van der Waals surface area contributed by atoms with Gasteiger partial charge >= 0.3 is 0 Å². The highest BCUT2D eigenvalue weighted by Gasteiger charge is 2.32. The summed E-state index contributed by atoms with van der Waals surface area (Å²) in [6, 6.07) is 10.0. The summed E-state index contributed by atoms with van der Waals surface area (Å²) >= 11 is 0. The van der Waals surface area contributed by atoms with Crippen LogP contribution in [0.4, 0.5) is 10.2 Å². The van der Waals surface area contributed by atoms with E-state index in [1.807, 2.05) is 12.1 Å². The first kappa shape index (κ1) is 21.1. The van der Waals surface area contributed by atoms with Crippen molar-refractivity contribution in [2.24, 2.45) is 0 Å². The molecule has 33 heavy (non-hydrogen) atoms. The maximum Gasteiger partial charge on any atom is 0.255 e. The van der Waals surface area contributed by atoms with E-state index in [9.17, 15) is 19.6 Å². The number of nitriles is 1. The van der Waals surface area contributed by atoms with Gasteiger partial charge in [0, 0.05) is 24.3 Å². The van der Waals surface area contributed by atoms with Gasteiger partial charge in [0.15, 0.2) is 5.82 Å². The van der Waals surface area contributed by atoms with Crippen LogP contribution in [0, 0.1) is 17.1 Å². The molecule has 2 aliphatic heterocycles. The summed E-state index contributed by atoms with van der Waals surface area (Å²) in [5.41, 5.74) is 1.89. The molecule has 0 bridgehead atoms. The zero-order valence-electron chi connectivity index (χ0n) is 18.3. The first-order chi connectivity index (χ1) is 15.9. The molecule has 5 rings (SSSR count). The Morgan fingerprint density at radius 3 is 2.70 bits per heavy atom. The third-order valence-corrected chi connectivity index (χ3v) is 6.37. The van der Waals surface area contributed by atoms with E-state index in [1.54, 1.807) is 16.9 Å². The second kappa shape index (κ2) is 7.98. The molecule has 1 aromatic carbocycles. The van der Waals surface area contributed by atoms with Crippen LogP contribution in [0.3, 0.4) is 0 Å². The van der Waals surface area contributed by atoms with Gasteiger partial charge in [0.25, 0.3) is 5.91 Å². The minimum atomic E-state index is -0.555. The number of carbonyl (C=O) groups is 1. The van der Waals surface area contributed by atoms with E-state index in [1.165, 1.54) is 18.2 Å². The minimum Gasteiger partial charge on any atom is -0.393 e. The number of amides is 1. The second-order valence-corrected chi connectivity index (χ2v) is 8.65. The fraction of sp³-hybridized carbons (Fsp3) is 0.333. The van der Waals surface area contributed by atoms with Gasteiger partial charge in [-0.25, -0.2) is 14.1 Å². The fourth-order valence-corrected chi connectivity index (χ4v) is 4.98. The highest BCUT2D eigenvalue weighted by Crippen LogP contribution is 2.33. The Labute approximate surface area is 190 Å². The van der Waals surface area contributed by atoms with Gasteiger partial charge in [-0.1, -0.05) is 6.07 Å². The largest absolute Gasteiger partial charge is 0.393 e. The molecule has 2 aromatic heterocycles. The Kier molecular flexibility index (Phi) is 5.10. The Morgan fingerprint density at radius 1 is 1.21 bits per heavy atom. The van der Waals surface area contributed by atoms with Gasteiger partial charge in [-0.15, -0.1) is 0 Å². The van der Waals surface area contributed by atoms with Crippen LogP contribution in [0.1, 0.15) is 48.3 Å². The molecule has 168 valence electrons. The molecule has 9 heteroatoms. The standard InChI is InChI=1S/C24H23FN6O2/c1-13-8-16(32)9-14(2)31(13)21-6-7-30(29-21)20-10-18(28-19-12-27-24(33)23(19)20)22-15(11-26)4-3-5-17(22)25/h3-7,10,13-14,16,32H,8-9,12H2,1-2H3,(H,27,33)/t13-,14-/m1/s1. The zero-order valence-corrected chi connectivity index (χ0v) is 18.3. The molecule has 0 unspecified atom stereocenters. The Bertz CT molecular complexity index is 1280. The number of benzene rings is 1. The van der Waals surface area contributed by atoms with Crippen LogP contribution in [-0.4, -0.2) is 44.0 Å². The third-order valence-electron chi connectivity index (χ3n) is 6.37. The number of anilines is 1. The number of hydrogen-bond donors (Lipinski definition) is 2. The molecule has 1 fully saturated rings. The lowest BCUT2D eigenvalue weighted by Crippen LogP contribution is -2.48. The van der Waals surface area contributed by atoms with Crippen LogP contribution in [0.15, 0.2) is 36.5 Å². The summed E-state index contributed by atoms with van der Waals surface area (Å²) in [4.78, 5) is 19.3. The number of piperidine rings is 1. The monoisotopic (exact) mass is 446 g/mol. The summed E-state index contributed by atoms with van der Waals surface area (Å²) < 4.78 is 16.3. The number of nitrogens with one attached hydrogen (secondary N) is 1. The van der Waals surface area contributed by atoms with Crippen molar-refractivity contribution in [1.82, 2.24) is 20.1 Å². The number of rotatable bonds is 3. The topological polar surface area (TPSA) is 107 Å². The lowest BCUT2D eigenvalue weighted by atomic mass is 9.95. The average molecular weight is 446 g/mol. The van der Waals surface area contributed by atoms with Crippen LogP contribution in [0.25, 0.3) is 16.9 Å². The molecule has 8 nitrogen and oxygen atoms in total. The van der Waals surface area contributed by atoms with Crippen LogP contribution in [0.2, 0.25) is 0 Å². The molecule has 0 radical (unpaired) electrons. The van der Waals surface area contributed by atoms with E-state index in [4.69, 9.17) is 5.10 Å². The van der Waals surface area contributed by atoms with Crippen LogP contribution in [0.5, 0.6) is 0 Å². The first-order valence-electron chi connectivity index (χ1n) is 10.9. The number of fused-ring (bicyclic) bond motifs is 1. The van der Waals surface area contributed by atoms with E-state index >= 15 is 0 Å². The predicted octanol–water partition coefficient (Wildman–Crippen LogP) is 2.93. The van der Waals surface area contributed by atoms with Gasteiger partial charge in [-0.3, -0.25) is 4.79 Å². The number of aliphatic hydroxyl groups excluding tert-OH is 1. The highest BCUT2D eigenvalue weighted by atomic mass is 19.1. The molecule has 0 saturated carbocycles. The van der Waals surface area contributed by atoms with Crippen molar-refractivity contribution >= 4 is 11.7 Å². The van der Waals surface area contributed by atoms with Crippen LogP contribution < -0.4 is 10.2 Å². The number of halogens is 1. The minimum absolute atomic E-state index is 0.100. The Morgan fingerprint density at radius 2 is 1.97 bits per heavy atom. The van der Waals surface area contributed by atoms with E-state index in [2.05, 4.69) is 29.0 Å². The first-order valence-corrected chi connectivity index (χ1v) is 10.9. The number of carbonyl (C=O) groups excluding carboxylic acids is 1. The molecule has 2 atom stereocenters. The Hall–Kier alpha value is -3.77.